The number of ether oxygens (including phenoxy) is 1. The van der Waals surface area contributed by atoms with E-state index in [2.05, 4.69) is 33.4 Å². The molecule has 1 spiro atoms. The van der Waals surface area contributed by atoms with Crippen molar-refractivity contribution in [3.05, 3.63) is 71.1 Å². The Morgan fingerprint density at radius 3 is 2.77 bits per heavy atom. The Morgan fingerprint density at radius 2 is 2.00 bits per heavy atom. The fraction of sp³-hybridized carbons (Fsp3) is 0.357. The average Bonchev–Trinajstić information content (AvgIpc) is 2.80. The number of nitrogens with one attached hydrogen (secondary N) is 1. The van der Waals surface area contributed by atoms with Crippen LogP contribution in [0.2, 0.25) is 5.02 Å². The number of likely N-dealkylation sites (tertiary alicyclic amines) is 1. The van der Waals surface area contributed by atoms with Gasteiger partial charge in [-0.25, -0.2) is 0 Å². The second-order valence-corrected chi connectivity index (χ2v) is 10.4. The van der Waals surface area contributed by atoms with Crippen molar-refractivity contribution in [3.63, 3.8) is 0 Å². The van der Waals surface area contributed by atoms with Gasteiger partial charge >= 0.3 is 0 Å². The molecular weight excluding hydrogens is 460 g/mol. The number of hydrogen-bond acceptors (Lipinski definition) is 6. The van der Waals surface area contributed by atoms with E-state index >= 15 is 0 Å². The van der Waals surface area contributed by atoms with Crippen LogP contribution in [-0.4, -0.2) is 67.4 Å². The lowest BCUT2D eigenvalue weighted by molar-refractivity contribution is -0.117. The fourth-order valence-corrected chi connectivity index (χ4v) is 5.46. The van der Waals surface area contributed by atoms with Crippen LogP contribution in [0.4, 0.5) is 5.69 Å². The van der Waals surface area contributed by atoms with E-state index in [-0.39, 0.29) is 6.10 Å². The van der Waals surface area contributed by atoms with Gasteiger partial charge in [0, 0.05) is 80.3 Å². The summed E-state index contributed by atoms with van der Waals surface area (Å²) in [6.07, 6.45) is 10.6. The number of anilines is 1. The van der Waals surface area contributed by atoms with Crippen molar-refractivity contribution in [2.45, 2.75) is 18.9 Å². The molecule has 5 rings (SSSR count). The average molecular weight is 491 g/mol. The van der Waals surface area contributed by atoms with E-state index in [9.17, 15) is 4.79 Å². The second-order valence-electron chi connectivity index (χ2n) is 9.99. The predicted octanol–water partition coefficient (Wildman–Crippen LogP) is 5.19. The van der Waals surface area contributed by atoms with E-state index in [4.69, 9.17) is 16.3 Å². The monoisotopic (exact) mass is 490 g/mol. The molecule has 2 heterocycles. The molecule has 35 heavy (non-hydrogen) atoms. The molecule has 1 aliphatic heterocycles. The Morgan fingerprint density at radius 1 is 1.17 bits per heavy atom. The molecule has 0 bridgehead atoms. The van der Waals surface area contributed by atoms with Crippen LogP contribution >= 0.6 is 11.6 Å². The predicted molar refractivity (Wildman–Crippen MR) is 142 cm³/mol. The number of benzene rings is 2. The summed E-state index contributed by atoms with van der Waals surface area (Å²) in [4.78, 5) is 20.3. The van der Waals surface area contributed by atoms with Crippen LogP contribution in [-0.2, 0) is 0 Å². The van der Waals surface area contributed by atoms with Gasteiger partial charge < -0.3 is 19.9 Å². The van der Waals surface area contributed by atoms with Crippen molar-refractivity contribution in [1.82, 2.24) is 14.8 Å². The first-order valence-corrected chi connectivity index (χ1v) is 12.4. The van der Waals surface area contributed by atoms with E-state index in [1.807, 2.05) is 55.8 Å². The minimum atomic E-state index is 0.175. The van der Waals surface area contributed by atoms with Gasteiger partial charge in [-0.3, -0.25) is 9.78 Å². The number of pyridine rings is 1. The van der Waals surface area contributed by atoms with Crippen molar-refractivity contribution in [1.29, 1.82) is 0 Å². The number of aromatic nitrogens is 1. The molecule has 1 saturated carbocycles. The van der Waals surface area contributed by atoms with Crippen molar-refractivity contribution < 1.29 is 9.53 Å². The zero-order chi connectivity index (χ0) is 24.4. The molecule has 0 unspecified atom stereocenters. The summed E-state index contributed by atoms with van der Waals surface area (Å²) in [5.41, 5.74) is 2.72. The zero-order valence-corrected chi connectivity index (χ0v) is 21.0. The Kier molecular flexibility index (Phi) is 6.67. The third kappa shape index (κ3) is 5.14. The molecule has 3 aromatic rings. The number of halogens is 1. The first kappa shape index (κ1) is 23.6. The van der Waals surface area contributed by atoms with Crippen molar-refractivity contribution in [2.75, 3.05) is 45.6 Å². The third-order valence-electron chi connectivity index (χ3n) is 6.98. The van der Waals surface area contributed by atoms with E-state index < -0.39 is 0 Å². The van der Waals surface area contributed by atoms with Gasteiger partial charge in [0.2, 0.25) is 0 Å². The van der Waals surface area contributed by atoms with Crippen LogP contribution in [0, 0.1) is 5.41 Å². The SMILES string of the molecule is CN(C)/C=C\c1c(OC2CC3(C2)CN(CCNc2ccc4ccncc4c2)C3)ccc(Cl)c1C=O. The van der Waals surface area contributed by atoms with Gasteiger partial charge in [-0.1, -0.05) is 17.7 Å². The standard InChI is InChI=1S/C28H31ClN4O2/c1-32(2)11-8-24-25(17-34)26(29)5-6-27(24)35-23-14-28(15-23)18-33(19-28)12-10-31-22-4-3-20-7-9-30-16-21(20)13-22/h3-9,11,13,16-17,23,31H,10,12,14-15,18-19H2,1-2H3/b11-8-. The first-order valence-electron chi connectivity index (χ1n) is 12.0. The molecule has 2 aliphatic rings. The third-order valence-corrected chi connectivity index (χ3v) is 7.31. The lowest BCUT2D eigenvalue weighted by atomic mass is 9.61. The van der Waals surface area contributed by atoms with Gasteiger partial charge in [0.05, 0.1) is 11.1 Å². The van der Waals surface area contributed by atoms with Crippen LogP contribution in [0.15, 0.2) is 55.0 Å². The highest BCUT2D eigenvalue weighted by Gasteiger charge is 2.53. The summed E-state index contributed by atoms with van der Waals surface area (Å²) in [5.74, 6) is 0.723. The Labute approximate surface area is 211 Å². The smallest absolute Gasteiger partial charge is 0.152 e. The van der Waals surface area contributed by atoms with Crippen molar-refractivity contribution in [3.8, 4) is 5.75 Å². The first-order chi connectivity index (χ1) is 16.9. The van der Waals surface area contributed by atoms with Gasteiger partial charge in [-0.05, 0) is 60.8 Å². The molecule has 0 radical (unpaired) electrons. The van der Waals surface area contributed by atoms with Crippen LogP contribution in [0.25, 0.3) is 16.8 Å². The Balaban J connectivity index is 1.10. The molecule has 0 atom stereocenters. The largest absolute Gasteiger partial charge is 0.490 e. The van der Waals surface area contributed by atoms with E-state index in [1.54, 1.807) is 6.07 Å². The van der Waals surface area contributed by atoms with Crippen molar-refractivity contribution in [2.24, 2.45) is 5.41 Å². The number of fused-ring (bicyclic) bond motifs is 1. The highest BCUT2D eigenvalue weighted by Crippen LogP contribution is 2.50. The fourth-order valence-electron chi connectivity index (χ4n) is 5.25. The van der Waals surface area contributed by atoms with E-state index in [0.717, 1.165) is 67.7 Å². The number of aldehydes is 1. The maximum Gasteiger partial charge on any atom is 0.152 e. The topological polar surface area (TPSA) is 57.7 Å². The van der Waals surface area contributed by atoms with Gasteiger partial charge in [0.1, 0.15) is 5.75 Å². The lowest BCUT2D eigenvalue weighted by Crippen LogP contribution is -2.65. The maximum absolute atomic E-state index is 11.6. The minimum Gasteiger partial charge on any atom is -0.490 e. The van der Waals surface area contributed by atoms with Gasteiger partial charge in [0.15, 0.2) is 6.29 Å². The highest BCUT2D eigenvalue weighted by atomic mass is 35.5. The molecule has 1 aromatic heterocycles. The molecule has 2 aromatic carbocycles. The molecule has 0 amide bonds. The van der Waals surface area contributed by atoms with Crippen LogP contribution in [0.3, 0.4) is 0 Å². The molecule has 1 N–H and O–H groups in total. The van der Waals surface area contributed by atoms with Crippen LogP contribution in [0.1, 0.15) is 28.8 Å². The summed E-state index contributed by atoms with van der Waals surface area (Å²) in [6.45, 7) is 4.17. The Bertz CT molecular complexity index is 1240. The zero-order valence-electron chi connectivity index (χ0n) is 20.2. The van der Waals surface area contributed by atoms with Crippen molar-refractivity contribution >= 4 is 40.4 Å². The van der Waals surface area contributed by atoms with Gasteiger partial charge in [-0.2, -0.15) is 0 Å². The van der Waals surface area contributed by atoms with E-state index in [1.165, 1.54) is 5.39 Å². The maximum atomic E-state index is 11.6. The Hall–Kier alpha value is -3.09. The number of carbonyl (C=O) groups is 1. The second kappa shape index (κ2) is 9.88. The number of carbonyl (C=O) groups excluding carboxylic acids is 1. The normalized spacial score (nSPS) is 17.3. The number of nitrogens with zero attached hydrogens (tertiary/aromatic N) is 3. The van der Waals surface area contributed by atoms with Crippen LogP contribution in [0.5, 0.6) is 5.75 Å². The van der Waals surface area contributed by atoms with Gasteiger partial charge in [0.25, 0.3) is 0 Å². The number of hydrogen-bond donors (Lipinski definition) is 1. The molecule has 2 fully saturated rings. The highest BCUT2D eigenvalue weighted by molar-refractivity contribution is 6.33. The number of rotatable bonds is 9. The minimum absolute atomic E-state index is 0.175. The molecule has 1 saturated heterocycles. The molecular formula is C28H31ClN4O2. The summed E-state index contributed by atoms with van der Waals surface area (Å²) in [6, 6.07) is 12.1. The molecule has 182 valence electrons. The summed E-state index contributed by atoms with van der Waals surface area (Å²) >= 11 is 6.25. The molecule has 7 heteroatoms. The summed E-state index contributed by atoms with van der Waals surface area (Å²) in [7, 11) is 3.88. The van der Waals surface area contributed by atoms with E-state index in [0.29, 0.717) is 16.0 Å². The summed E-state index contributed by atoms with van der Waals surface area (Å²) in [5, 5.41) is 6.34. The molecule has 6 nitrogen and oxygen atoms in total. The quantitative estimate of drug-likeness (QED) is 0.417. The van der Waals surface area contributed by atoms with Crippen LogP contribution < -0.4 is 10.1 Å². The lowest BCUT2D eigenvalue weighted by Gasteiger charge is -2.58. The summed E-state index contributed by atoms with van der Waals surface area (Å²) < 4.78 is 6.33. The molecule has 1 aliphatic carbocycles. The van der Waals surface area contributed by atoms with Gasteiger partial charge in [-0.15, -0.1) is 0 Å².